The number of carbonyl (C=O) groups excluding carboxylic acids is 1. The summed E-state index contributed by atoms with van der Waals surface area (Å²) < 4.78 is 24.8. The van der Waals surface area contributed by atoms with E-state index in [1.807, 2.05) is 24.3 Å². The molecule has 4 nitrogen and oxygen atoms in total. The molecule has 0 atom stereocenters. The number of rotatable bonds is 5. The summed E-state index contributed by atoms with van der Waals surface area (Å²) in [7, 11) is 0. The Hall–Kier alpha value is -3.18. The van der Waals surface area contributed by atoms with E-state index in [2.05, 4.69) is 4.90 Å². The number of carbonyl (C=O) groups is 1. The fourth-order valence-electron chi connectivity index (χ4n) is 3.16. The maximum Gasteiger partial charge on any atom is 0.185 e. The van der Waals surface area contributed by atoms with Crippen LogP contribution >= 0.6 is 0 Å². The van der Waals surface area contributed by atoms with Gasteiger partial charge in [0, 0.05) is 24.3 Å². The lowest BCUT2D eigenvalue weighted by molar-refractivity contribution is 0.104. The Morgan fingerprint density at radius 2 is 1.71 bits per heavy atom. The molecule has 142 valence electrons. The molecule has 0 amide bonds. The average Bonchev–Trinajstić information content (AvgIpc) is 3.22. The van der Waals surface area contributed by atoms with Gasteiger partial charge in [-0.3, -0.25) is 4.79 Å². The summed E-state index contributed by atoms with van der Waals surface area (Å²) in [6.07, 6.45) is 3.07. The highest BCUT2D eigenvalue weighted by Crippen LogP contribution is 2.25. The molecule has 1 fully saturated rings. The van der Waals surface area contributed by atoms with Gasteiger partial charge in [0.25, 0.3) is 0 Å². The van der Waals surface area contributed by atoms with E-state index in [9.17, 15) is 9.18 Å². The molecular weight excluding hydrogens is 357 g/mol. The zero-order chi connectivity index (χ0) is 19.3. The molecule has 1 saturated heterocycles. The first kappa shape index (κ1) is 18.2. The number of halogens is 1. The maximum absolute atomic E-state index is 13.8. The minimum absolute atomic E-state index is 0.114. The molecule has 1 aliphatic rings. The molecule has 0 aliphatic carbocycles. The summed E-state index contributed by atoms with van der Waals surface area (Å²) in [5.74, 6) is 0.470. The summed E-state index contributed by atoms with van der Waals surface area (Å²) >= 11 is 0. The van der Waals surface area contributed by atoms with Crippen LogP contribution in [0, 0.1) is 5.82 Å². The van der Waals surface area contributed by atoms with Crippen LogP contribution in [0.5, 0.6) is 0 Å². The van der Waals surface area contributed by atoms with Gasteiger partial charge in [0.15, 0.2) is 5.78 Å². The average molecular weight is 377 g/mol. The Bertz CT molecular complexity index is 985. The molecule has 0 spiro atoms. The first-order chi connectivity index (χ1) is 13.7. The topological polar surface area (TPSA) is 42.7 Å². The van der Waals surface area contributed by atoms with Gasteiger partial charge in [-0.1, -0.05) is 12.1 Å². The highest BCUT2D eigenvalue weighted by molar-refractivity contribution is 6.06. The number of morpholine rings is 1. The molecule has 0 saturated carbocycles. The first-order valence-electron chi connectivity index (χ1n) is 9.20. The van der Waals surface area contributed by atoms with E-state index in [1.165, 1.54) is 12.1 Å². The molecular formula is C23H20FNO3. The zero-order valence-electron chi connectivity index (χ0n) is 15.3. The van der Waals surface area contributed by atoms with Crippen molar-refractivity contribution in [2.45, 2.75) is 0 Å². The van der Waals surface area contributed by atoms with Crippen molar-refractivity contribution in [3.8, 4) is 11.3 Å². The molecule has 28 heavy (non-hydrogen) atoms. The number of allylic oxidation sites excluding steroid dienone is 1. The molecule has 0 unspecified atom stereocenters. The van der Waals surface area contributed by atoms with Crippen molar-refractivity contribution in [1.82, 2.24) is 0 Å². The van der Waals surface area contributed by atoms with Crippen LogP contribution < -0.4 is 4.90 Å². The van der Waals surface area contributed by atoms with Crippen LogP contribution in [0.25, 0.3) is 17.4 Å². The molecule has 2 heterocycles. The predicted octanol–water partition coefficient (Wildman–Crippen LogP) is 4.82. The fourth-order valence-corrected chi connectivity index (χ4v) is 3.16. The van der Waals surface area contributed by atoms with Crippen LogP contribution in [0.15, 0.2) is 71.2 Å². The SMILES string of the molecule is O=C(C=Cc1ccc(-c2ccccc2F)o1)c1ccc(N2CCOCC2)cc1. The summed E-state index contributed by atoms with van der Waals surface area (Å²) in [4.78, 5) is 14.7. The maximum atomic E-state index is 13.8. The van der Waals surface area contributed by atoms with E-state index >= 15 is 0 Å². The fraction of sp³-hybridized carbons (Fsp3) is 0.174. The first-order valence-corrected chi connectivity index (χ1v) is 9.20. The molecule has 5 heteroatoms. The van der Waals surface area contributed by atoms with Crippen LogP contribution in [-0.2, 0) is 4.74 Å². The van der Waals surface area contributed by atoms with Crippen molar-refractivity contribution in [3.05, 3.63) is 83.9 Å². The smallest absolute Gasteiger partial charge is 0.185 e. The summed E-state index contributed by atoms with van der Waals surface area (Å²) in [6.45, 7) is 3.16. The van der Waals surface area contributed by atoms with Gasteiger partial charge in [-0.25, -0.2) is 4.39 Å². The number of furan rings is 1. The van der Waals surface area contributed by atoms with Gasteiger partial charge in [-0.2, -0.15) is 0 Å². The van der Waals surface area contributed by atoms with Crippen molar-refractivity contribution >= 4 is 17.5 Å². The number of hydrogen-bond acceptors (Lipinski definition) is 4. The Morgan fingerprint density at radius 1 is 0.964 bits per heavy atom. The van der Waals surface area contributed by atoms with Gasteiger partial charge >= 0.3 is 0 Å². The standard InChI is InChI=1S/C23H20FNO3/c24-21-4-2-1-3-20(21)23-12-10-19(28-23)9-11-22(26)17-5-7-18(8-6-17)25-13-15-27-16-14-25/h1-12H,13-16H2. The van der Waals surface area contributed by atoms with Crippen LogP contribution in [0.3, 0.4) is 0 Å². The lowest BCUT2D eigenvalue weighted by Crippen LogP contribution is -2.36. The third kappa shape index (κ3) is 4.05. The molecule has 1 aromatic heterocycles. The van der Waals surface area contributed by atoms with Crippen LogP contribution in [0.2, 0.25) is 0 Å². The number of hydrogen-bond donors (Lipinski definition) is 0. The molecule has 0 bridgehead atoms. The van der Waals surface area contributed by atoms with Gasteiger partial charge in [-0.05, 0) is 60.7 Å². The van der Waals surface area contributed by atoms with Crippen LogP contribution in [0.1, 0.15) is 16.1 Å². The predicted molar refractivity (Wildman–Crippen MR) is 107 cm³/mol. The molecule has 4 rings (SSSR count). The molecule has 0 N–H and O–H groups in total. The Kier molecular flexibility index (Phi) is 5.35. The third-order valence-corrected chi connectivity index (χ3v) is 4.69. The largest absolute Gasteiger partial charge is 0.457 e. The minimum atomic E-state index is -0.344. The summed E-state index contributed by atoms with van der Waals surface area (Å²) in [5, 5.41) is 0. The minimum Gasteiger partial charge on any atom is -0.457 e. The number of ketones is 1. The Balaban J connectivity index is 1.43. The van der Waals surface area contributed by atoms with Crippen LogP contribution in [0.4, 0.5) is 10.1 Å². The van der Waals surface area contributed by atoms with E-state index in [1.54, 1.807) is 36.4 Å². The van der Waals surface area contributed by atoms with Crippen molar-refractivity contribution in [3.63, 3.8) is 0 Å². The lowest BCUT2D eigenvalue weighted by Gasteiger charge is -2.28. The second-order valence-corrected chi connectivity index (χ2v) is 6.53. The van der Waals surface area contributed by atoms with Gasteiger partial charge < -0.3 is 14.1 Å². The van der Waals surface area contributed by atoms with E-state index in [-0.39, 0.29) is 11.6 Å². The van der Waals surface area contributed by atoms with Crippen molar-refractivity contribution in [2.24, 2.45) is 0 Å². The Morgan fingerprint density at radius 3 is 2.46 bits per heavy atom. The number of ether oxygens (including phenoxy) is 1. The molecule has 2 aromatic carbocycles. The van der Waals surface area contributed by atoms with E-state index in [0.29, 0.717) is 22.6 Å². The van der Waals surface area contributed by atoms with Crippen molar-refractivity contribution < 1.29 is 18.3 Å². The van der Waals surface area contributed by atoms with E-state index < -0.39 is 0 Å². The second kappa shape index (κ2) is 8.23. The van der Waals surface area contributed by atoms with Crippen molar-refractivity contribution in [2.75, 3.05) is 31.2 Å². The lowest BCUT2D eigenvalue weighted by atomic mass is 10.1. The highest BCUT2D eigenvalue weighted by Gasteiger charge is 2.12. The Labute approximate surface area is 162 Å². The highest BCUT2D eigenvalue weighted by atomic mass is 19.1. The molecule has 0 radical (unpaired) electrons. The quantitative estimate of drug-likeness (QED) is 0.472. The molecule has 1 aliphatic heterocycles. The zero-order valence-corrected chi connectivity index (χ0v) is 15.3. The van der Waals surface area contributed by atoms with Gasteiger partial charge in [0.05, 0.1) is 18.8 Å². The van der Waals surface area contributed by atoms with E-state index in [0.717, 1.165) is 32.0 Å². The summed E-state index contributed by atoms with van der Waals surface area (Å²) in [6, 6.07) is 17.4. The van der Waals surface area contributed by atoms with Gasteiger partial charge in [0.1, 0.15) is 17.3 Å². The van der Waals surface area contributed by atoms with Gasteiger partial charge in [0.2, 0.25) is 0 Å². The number of benzene rings is 2. The third-order valence-electron chi connectivity index (χ3n) is 4.69. The normalized spacial score (nSPS) is 14.5. The second-order valence-electron chi connectivity index (χ2n) is 6.53. The van der Waals surface area contributed by atoms with Gasteiger partial charge in [-0.15, -0.1) is 0 Å². The summed E-state index contributed by atoms with van der Waals surface area (Å²) in [5.41, 5.74) is 2.09. The van der Waals surface area contributed by atoms with Crippen LogP contribution in [-0.4, -0.2) is 32.1 Å². The van der Waals surface area contributed by atoms with E-state index in [4.69, 9.17) is 9.15 Å². The monoisotopic (exact) mass is 377 g/mol. The number of nitrogens with zero attached hydrogens (tertiary/aromatic N) is 1. The number of anilines is 1. The molecule has 3 aromatic rings. The van der Waals surface area contributed by atoms with Crippen molar-refractivity contribution in [1.29, 1.82) is 0 Å².